The molecule has 2 N–H and O–H groups in total. The van der Waals surface area contributed by atoms with E-state index in [1.165, 1.54) is 21.3 Å². The van der Waals surface area contributed by atoms with Gasteiger partial charge >= 0.3 is 0 Å². The maximum Gasteiger partial charge on any atom is 0.293 e. The molecular weight excluding hydrogens is 350 g/mol. The van der Waals surface area contributed by atoms with E-state index in [2.05, 4.69) is 5.32 Å². The lowest BCUT2D eigenvalue weighted by molar-refractivity contribution is -0.133. The van der Waals surface area contributed by atoms with Gasteiger partial charge in [0.15, 0.2) is 0 Å². The van der Waals surface area contributed by atoms with E-state index in [0.29, 0.717) is 28.4 Å². The van der Waals surface area contributed by atoms with Crippen molar-refractivity contribution in [3.05, 3.63) is 59.2 Å². The fraction of sp³-hybridized carbons (Fsp3) is 0.200. The predicted octanol–water partition coefficient (Wildman–Crippen LogP) is 2.42. The Hall–Kier alpha value is -3.48. The second-order valence-corrected chi connectivity index (χ2v) is 5.83. The molecule has 0 unspecified atom stereocenters. The average Bonchev–Trinajstić information content (AvgIpc) is 3.01. The standard InChI is InChI=1S/C20H19NO6/c1-25-12-6-4-11(5-7-12)18(22)16-17(21-20(24)19(16)23)14-9-8-13(26-2)10-15(14)27-3/h4-10,17,22H,1-3H3,(H,21,24)/t17-/m0/s1. The SMILES string of the molecule is COc1ccc(C(O)=C2C(=O)C(=O)N[C@H]2c2ccc(OC)cc2OC)cc1. The van der Waals surface area contributed by atoms with Crippen LogP contribution in [0, 0.1) is 0 Å². The summed E-state index contributed by atoms with van der Waals surface area (Å²) in [6.45, 7) is 0. The van der Waals surface area contributed by atoms with Crippen LogP contribution in [0.2, 0.25) is 0 Å². The van der Waals surface area contributed by atoms with Crippen LogP contribution in [-0.4, -0.2) is 38.1 Å². The van der Waals surface area contributed by atoms with E-state index in [-0.39, 0.29) is 11.3 Å². The predicted molar refractivity (Wildman–Crippen MR) is 98.0 cm³/mol. The molecule has 1 aliphatic heterocycles. The van der Waals surface area contributed by atoms with Crippen LogP contribution in [0.1, 0.15) is 17.2 Å². The van der Waals surface area contributed by atoms with Crippen LogP contribution < -0.4 is 19.5 Å². The molecule has 7 nitrogen and oxygen atoms in total. The van der Waals surface area contributed by atoms with Crippen molar-refractivity contribution in [3.63, 3.8) is 0 Å². The lowest BCUT2D eigenvalue weighted by Gasteiger charge is -2.17. The Bertz CT molecular complexity index is 917. The third-order valence-corrected chi connectivity index (χ3v) is 4.39. The van der Waals surface area contributed by atoms with E-state index in [4.69, 9.17) is 14.2 Å². The molecule has 2 aromatic rings. The molecule has 1 heterocycles. The number of hydrogen-bond donors (Lipinski definition) is 2. The highest BCUT2D eigenvalue weighted by atomic mass is 16.5. The van der Waals surface area contributed by atoms with Gasteiger partial charge in [0.25, 0.3) is 11.7 Å². The monoisotopic (exact) mass is 369 g/mol. The minimum Gasteiger partial charge on any atom is -0.507 e. The number of rotatable bonds is 5. The number of ether oxygens (including phenoxy) is 3. The molecule has 0 aromatic heterocycles. The number of Topliss-reactive ketones (excluding diaryl/α,β-unsaturated/α-hetero) is 1. The molecule has 2 aromatic carbocycles. The van der Waals surface area contributed by atoms with Crippen LogP contribution in [0.15, 0.2) is 48.0 Å². The van der Waals surface area contributed by atoms with Crippen molar-refractivity contribution in [3.8, 4) is 17.2 Å². The fourth-order valence-corrected chi connectivity index (χ4v) is 2.96. The summed E-state index contributed by atoms with van der Waals surface area (Å²) >= 11 is 0. The molecule has 1 atom stereocenters. The van der Waals surface area contributed by atoms with Crippen molar-refractivity contribution in [2.45, 2.75) is 6.04 Å². The molecule has 0 saturated carbocycles. The highest BCUT2D eigenvalue weighted by molar-refractivity contribution is 6.46. The Morgan fingerprint density at radius 3 is 2.15 bits per heavy atom. The van der Waals surface area contributed by atoms with E-state index >= 15 is 0 Å². The first-order chi connectivity index (χ1) is 13.0. The highest BCUT2D eigenvalue weighted by Crippen LogP contribution is 2.38. The zero-order valence-electron chi connectivity index (χ0n) is 15.1. The summed E-state index contributed by atoms with van der Waals surface area (Å²) in [6.07, 6.45) is 0. The van der Waals surface area contributed by atoms with Gasteiger partial charge in [-0.3, -0.25) is 9.59 Å². The molecule has 1 saturated heterocycles. The Kier molecular flexibility index (Phi) is 5.03. The van der Waals surface area contributed by atoms with Gasteiger partial charge in [0, 0.05) is 17.2 Å². The number of nitrogens with one attached hydrogen (secondary N) is 1. The molecule has 3 rings (SSSR count). The van der Waals surface area contributed by atoms with E-state index in [9.17, 15) is 14.7 Å². The Balaban J connectivity index is 2.11. The molecule has 0 aliphatic carbocycles. The Morgan fingerprint density at radius 1 is 0.926 bits per heavy atom. The number of carbonyl (C=O) groups is 2. The quantitative estimate of drug-likeness (QED) is 0.478. The zero-order valence-corrected chi connectivity index (χ0v) is 15.1. The summed E-state index contributed by atoms with van der Waals surface area (Å²) in [7, 11) is 4.53. The first-order valence-electron chi connectivity index (χ1n) is 8.14. The van der Waals surface area contributed by atoms with E-state index in [1.54, 1.807) is 42.5 Å². The van der Waals surface area contributed by atoms with E-state index < -0.39 is 17.7 Å². The van der Waals surface area contributed by atoms with Gasteiger partial charge in [-0.05, 0) is 36.4 Å². The molecule has 27 heavy (non-hydrogen) atoms. The molecule has 140 valence electrons. The summed E-state index contributed by atoms with van der Waals surface area (Å²) in [4.78, 5) is 24.5. The molecule has 0 radical (unpaired) electrons. The van der Waals surface area contributed by atoms with Crippen LogP contribution >= 0.6 is 0 Å². The molecule has 1 aliphatic rings. The van der Waals surface area contributed by atoms with Crippen molar-refractivity contribution in [2.75, 3.05) is 21.3 Å². The highest BCUT2D eigenvalue weighted by Gasteiger charge is 2.40. The number of aliphatic hydroxyl groups excluding tert-OH is 1. The Morgan fingerprint density at radius 2 is 1.56 bits per heavy atom. The summed E-state index contributed by atoms with van der Waals surface area (Å²) < 4.78 is 15.6. The van der Waals surface area contributed by atoms with Crippen LogP contribution in [0.4, 0.5) is 0 Å². The summed E-state index contributed by atoms with van der Waals surface area (Å²) in [5.41, 5.74) is 0.898. The van der Waals surface area contributed by atoms with Gasteiger partial charge in [-0.15, -0.1) is 0 Å². The third kappa shape index (κ3) is 3.31. The molecule has 0 spiro atoms. The molecule has 7 heteroatoms. The molecule has 1 fully saturated rings. The number of carbonyl (C=O) groups excluding carboxylic acids is 2. The summed E-state index contributed by atoms with van der Waals surface area (Å²) in [6, 6.07) is 10.7. The van der Waals surface area contributed by atoms with Gasteiger partial charge in [0.2, 0.25) is 0 Å². The first kappa shape index (κ1) is 18.3. The van der Waals surface area contributed by atoms with E-state index in [0.717, 1.165) is 0 Å². The largest absolute Gasteiger partial charge is 0.507 e. The van der Waals surface area contributed by atoms with Crippen LogP contribution in [0.5, 0.6) is 17.2 Å². The van der Waals surface area contributed by atoms with Gasteiger partial charge in [-0.2, -0.15) is 0 Å². The van der Waals surface area contributed by atoms with Crippen molar-refractivity contribution in [1.82, 2.24) is 5.32 Å². The number of ketones is 1. The van der Waals surface area contributed by atoms with Crippen molar-refractivity contribution >= 4 is 17.4 Å². The molecule has 0 bridgehead atoms. The average molecular weight is 369 g/mol. The number of hydrogen-bond acceptors (Lipinski definition) is 6. The summed E-state index contributed by atoms with van der Waals surface area (Å²) in [5, 5.41) is 13.3. The van der Waals surface area contributed by atoms with Crippen molar-refractivity contribution in [2.24, 2.45) is 0 Å². The second-order valence-electron chi connectivity index (χ2n) is 5.83. The van der Waals surface area contributed by atoms with Crippen LogP contribution in [0.3, 0.4) is 0 Å². The number of methoxy groups -OCH3 is 3. The van der Waals surface area contributed by atoms with Gasteiger partial charge in [0.1, 0.15) is 23.0 Å². The molecular formula is C20H19NO6. The van der Waals surface area contributed by atoms with Gasteiger partial charge in [-0.25, -0.2) is 0 Å². The smallest absolute Gasteiger partial charge is 0.293 e. The summed E-state index contributed by atoms with van der Waals surface area (Å²) in [5.74, 6) is -0.245. The zero-order chi connectivity index (χ0) is 19.6. The lowest BCUT2D eigenvalue weighted by Crippen LogP contribution is -2.21. The fourth-order valence-electron chi connectivity index (χ4n) is 2.96. The van der Waals surface area contributed by atoms with Gasteiger partial charge in [0.05, 0.1) is 32.9 Å². The topological polar surface area (TPSA) is 94.1 Å². The Labute approximate surface area is 156 Å². The lowest BCUT2D eigenvalue weighted by atomic mass is 9.95. The van der Waals surface area contributed by atoms with Crippen molar-refractivity contribution < 1.29 is 28.9 Å². The van der Waals surface area contributed by atoms with Gasteiger partial charge < -0.3 is 24.6 Å². The van der Waals surface area contributed by atoms with Crippen LogP contribution in [0.25, 0.3) is 5.76 Å². The maximum atomic E-state index is 12.4. The van der Waals surface area contributed by atoms with Crippen LogP contribution in [-0.2, 0) is 9.59 Å². The van der Waals surface area contributed by atoms with Gasteiger partial charge in [-0.1, -0.05) is 0 Å². The maximum absolute atomic E-state index is 12.4. The molecule has 1 amide bonds. The normalized spacial score (nSPS) is 18.1. The van der Waals surface area contributed by atoms with Crippen molar-refractivity contribution in [1.29, 1.82) is 0 Å². The number of aliphatic hydroxyl groups is 1. The third-order valence-electron chi connectivity index (χ3n) is 4.39. The first-order valence-corrected chi connectivity index (χ1v) is 8.14. The number of benzene rings is 2. The minimum absolute atomic E-state index is 0.0337. The number of amides is 1. The minimum atomic E-state index is -0.840. The van der Waals surface area contributed by atoms with E-state index in [1.807, 2.05) is 0 Å². The second kappa shape index (κ2) is 7.41.